The van der Waals surface area contributed by atoms with Crippen molar-refractivity contribution in [1.82, 2.24) is 5.32 Å². The molecule has 2 heteroatoms. The highest BCUT2D eigenvalue weighted by molar-refractivity contribution is 4.70. The third-order valence-corrected chi connectivity index (χ3v) is 3.85. The molecule has 2 fully saturated rings. The summed E-state index contributed by atoms with van der Waals surface area (Å²) >= 11 is 0. The summed E-state index contributed by atoms with van der Waals surface area (Å²) in [6.07, 6.45) is 9.90. The highest BCUT2D eigenvalue weighted by atomic mass is 16.5. The highest BCUT2D eigenvalue weighted by Gasteiger charge is 2.16. The zero-order chi connectivity index (χ0) is 10.3. The van der Waals surface area contributed by atoms with Crippen LogP contribution in [-0.2, 0) is 4.74 Å². The molecular weight excluding hydrogens is 186 g/mol. The summed E-state index contributed by atoms with van der Waals surface area (Å²) in [6.45, 7) is 4.39. The molecule has 1 aliphatic heterocycles. The average Bonchev–Trinajstić information content (AvgIpc) is 2.32. The van der Waals surface area contributed by atoms with E-state index in [-0.39, 0.29) is 0 Å². The number of ether oxygens (including phenoxy) is 1. The molecule has 0 radical (unpaired) electrons. The maximum atomic E-state index is 5.48. The Morgan fingerprint density at radius 3 is 2.33 bits per heavy atom. The second-order valence-corrected chi connectivity index (χ2v) is 5.25. The minimum atomic E-state index is 0.780. The van der Waals surface area contributed by atoms with E-state index in [9.17, 15) is 0 Å². The first-order chi connectivity index (χ1) is 7.45. The lowest BCUT2D eigenvalue weighted by Crippen LogP contribution is -2.32. The van der Waals surface area contributed by atoms with Gasteiger partial charge >= 0.3 is 0 Å². The van der Waals surface area contributed by atoms with Gasteiger partial charge in [0.15, 0.2) is 0 Å². The minimum Gasteiger partial charge on any atom is -0.381 e. The molecule has 1 aliphatic carbocycles. The van der Waals surface area contributed by atoms with Crippen molar-refractivity contribution in [1.29, 1.82) is 0 Å². The van der Waals surface area contributed by atoms with Crippen molar-refractivity contribution >= 4 is 0 Å². The second kappa shape index (κ2) is 6.49. The highest BCUT2D eigenvalue weighted by Crippen LogP contribution is 2.22. The maximum Gasteiger partial charge on any atom is 0.0506 e. The van der Waals surface area contributed by atoms with Crippen LogP contribution in [0.4, 0.5) is 0 Å². The predicted molar refractivity (Wildman–Crippen MR) is 63.0 cm³/mol. The van der Waals surface area contributed by atoms with Crippen LogP contribution in [0.1, 0.15) is 44.9 Å². The van der Waals surface area contributed by atoms with Gasteiger partial charge in [0.05, 0.1) is 6.61 Å². The topological polar surface area (TPSA) is 21.3 Å². The Labute approximate surface area is 93.8 Å². The molecule has 1 atom stereocenters. The van der Waals surface area contributed by atoms with Crippen molar-refractivity contribution in [2.75, 3.05) is 26.3 Å². The fraction of sp³-hybridized carbons (Fsp3) is 1.00. The van der Waals surface area contributed by atoms with Crippen LogP contribution < -0.4 is 5.32 Å². The molecule has 2 rings (SSSR count). The van der Waals surface area contributed by atoms with Gasteiger partial charge in [-0.25, -0.2) is 0 Å². The summed E-state index contributed by atoms with van der Waals surface area (Å²) in [5, 5.41) is 3.64. The van der Waals surface area contributed by atoms with E-state index in [1.165, 1.54) is 58.0 Å². The van der Waals surface area contributed by atoms with E-state index in [0.717, 1.165) is 25.0 Å². The maximum absolute atomic E-state index is 5.48. The standard InChI is InChI=1S/C13H25NO/c1-2-5-12(6-3-1)9-14-10-13-7-4-8-15-11-13/h12-14H,1-11H2/t13-/m0/s1. The Hall–Kier alpha value is -0.0800. The molecule has 15 heavy (non-hydrogen) atoms. The van der Waals surface area contributed by atoms with Gasteiger partial charge < -0.3 is 10.1 Å². The Balaban J connectivity index is 1.53. The normalized spacial score (nSPS) is 29.2. The van der Waals surface area contributed by atoms with Crippen molar-refractivity contribution < 1.29 is 4.74 Å². The summed E-state index contributed by atoms with van der Waals surface area (Å²) in [7, 11) is 0. The van der Waals surface area contributed by atoms with Crippen LogP contribution in [0.15, 0.2) is 0 Å². The van der Waals surface area contributed by atoms with Gasteiger partial charge in [-0.2, -0.15) is 0 Å². The molecule has 0 aromatic carbocycles. The number of nitrogens with one attached hydrogen (secondary N) is 1. The zero-order valence-corrected chi connectivity index (χ0v) is 9.84. The van der Waals surface area contributed by atoms with Gasteiger partial charge in [0, 0.05) is 13.2 Å². The van der Waals surface area contributed by atoms with Crippen LogP contribution >= 0.6 is 0 Å². The van der Waals surface area contributed by atoms with E-state index in [4.69, 9.17) is 4.74 Å². The Morgan fingerprint density at radius 2 is 1.60 bits per heavy atom. The van der Waals surface area contributed by atoms with Gasteiger partial charge in [-0.15, -0.1) is 0 Å². The first-order valence-corrected chi connectivity index (χ1v) is 6.73. The SMILES string of the molecule is C1CCC(CNC[C@@H]2CCCOC2)CC1. The predicted octanol–water partition coefficient (Wildman–Crippen LogP) is 2.58. The van der Waals surface area contributed by atoms with Crippen LogP contribution in [0.5, 0.6) is 0 Å². The summed E-state index contributed by atoms with van der Waals surface area (Å²) in [4.78, 5) is 0. The zero-order valence-electron chi connectivity index (χ0n) is 9.84. The van der Waals surface area contributed by atoms with Crippen LogP contribution in [0.3, 0.4) is 0 Å². The quantitative estimate of drug-likeness (QED) is 0.771. The monoisotopic (exact) mass is 211 g/mol. The number of hydrogen-bond donors (Lipinski definition) is 1. The lowest BCUT2D eigenvalue weighted by molar-refractivity contribution is 0.0543. The van der Waals surface area contributed by atoms with Gasteiger partial charge in [0.25, 0.3) is 0 Å². The van der Waals surface area contributed by atoms with E-state index in [1.54, 1.807) is 0 Å². The van der Waals surface area contributed by atoms with Crippen molar-refractivity contribution in [2.24, 2.45) is 11.8 Å². The summed E-state index contributed by atoms with van der Waals surface area (Å²) < 4.78 is 5.48. The minimum absolute atomic E-state index is 0.780. The summed E-state index contributed by atoms with van der Waals surface area (Å²) in [5.74, 6) is 1.74. The van der Waals surface area contributed by atoms with Gasteiger partial charge in [-0.1, -0.05) is 19.3 Å². The van der Waals surface area contributed by atoms with E-state index >= 15 is 0 Å². The summed E-state index contributed by atoms with van der Waals surface area (Å²) in [6, 6.07) is 0. The number of hydrogen-bond acceptors (Lipinski definition) is 2. The van der Waals surface area contributed by atoms with E-state index < -0.39 is 0 Å². The molecule has 1 N–H and O–H groups in total. The molecule has 0 unspecified atom stereocenters. The molecule has 0 amide bonds. The molecule has 1 heterocycles. The molecule has 2 aliphatic rings. The van der Waals surface area contributed by atoms with Gasteiger partial charge in [0.1, 0.15) is 0 Å². The Morgan fingerprint density at radius 1 is 0.867 bits per heavy atom. The third-order valence-electron chi connectivity index (χ3n) is 3.85. The van der Waals surface area contributed by atoms with E-state index in [1.807, 2.05) is 0 Å². The largest absolute Gasteiger partial charge is 0.381 e. The van der Waals surface area contributed by atoms with E-state index in [2.05, 4.69) is 5.32 Å². The van der Waals surface area contributed by atoms with Crippen LogP contribution in [-0.4, -0.2) is 26.3 Å². The molecule has 1 saturated carbocycles. The van der Waals surface area contributed by atoms with Gasteiger partial charge in [-0.3, -0.25) is 0 Å². The lowest BCUT2D eigenvalue weighted by Gasteiger charge is -2.25. The van der Waals surface area contributed by atoms with Gasteiger partial charge in [-0.05, 0) is 44.1 Å². The molecule has 0 bridgehead atoms. The van der Waals surface area contributed by atoms with Crippen LogP contribution in [0, 0.1) is 11.8 Å². The van der Waals surface area contributed by atoms with Crippen LogP contribution in [0.2, 0.25) is 0 Å². The Kier molecular flexibility index (Phi) is 4.94. The molecule has 88 valence electrons. The second-order valence-electron chi connectivity index (χ2n) is 5.25. The molecule has 1 saturated heterocycles. The van der Waals surface area contributed by atoms with Crippen molar-refractivity contribution in [3.8, 4) is 0 Å². The fourth-order valence-electron chi connectivity index (χ4n) is 2.85. The molecular formula is C13H25NO. The number of rotatable bonds is 4. The van der Waals surface area contributed by atoms with Gasteiger partial charge in [0.2, 0.25) is 0 Å². The summed E-state index contributed by atoms with van der Waals surface area (Å²) in [5.41, 5.74) is 0. The fourth-order valence-corrected chi connectivity index (χ4v) is 2.85. The van der Waals surface area contributed by atoms with Crippen molar-refractivity contribution in [3.05, 3.63) is 0 Å². The first kappa shape index (κ1) is 11.4. The molecule has 0 spiro atoms. The smallest absolute Gasteiger partial charge is 0.0506 e. The van der Waals surface area contributed by atoms with Crippen LogP contribution in [0.25, 0.3) is 0 Å². The lowest BCUT2D eigenvalue weighted by atomic mass is 9.89. The molecule has 0 aromatic rings. The Bertz CT molecular complexity index is 142. The average molecular weight is 211 g/mol. The third kappa shape index (κ3) is 4.12. The van der Waals surface area contributed by atoms with Crippen molar-refractivity contribution in [2.45, 2.75) is 44.9 Å². The molecule has 0 aromatic heterocycles. The molecule has 2 nitrogen and oxygen atoms in total. The van der Waals surface area contributed by atoms with E-state index in [0.29, 0.717) is 0 Å². The first-order valence-electron chi connectivity index (χ1n) is 6.73. The van der Waals surface area contributed by atoms with Crippen molar-refractivity contribution in [3.63, 3.8) is 0 Å².